The second kappa shape index (κ2) is 6.40. The summed E-state index contributed by atoms with van der Waals surface area (Å²) in [4.78, 5) is 4.64. The molecule has 3 rings (SSSR count). The predicted octanol–water partition coefficient (Wildman–Crippen LogP) is 3.19. The summed E-state index contributed by atoms with van der Waals surface area (Å²) in [5, 5.41) is 0. The molecule has 0 atom stereocenters. The number of benzene rings is 2. The van der Waals surface area contributed by atoms with E-state index in [1.165, 1.54) is 11.4 Å². The van der Waals surface area contributed by atoms with Crippen LogP contribution >= 0.6 is 0 Å². The van der Waals surface area contributed by atoms with Crippen molar-refractivity contribution in [1.82, 2.24) is 9.55 Å². The normalized spacial score (nSPS) is 11.9. The van der Waals surface area contributed by atoms with E-state index in [2.05, 4.69) is 4.98 Å². The maximum atomic E-state index is 12.9. The quantitative estimate of drug-likeness (QED) is 0.702. The van der Waals surface area contributed by atoms with Crippen LogP contribution in [0.2, 0.25) is 0 Å². The standard InChI is InChI=1S/C18H21N3O3S/c1-13(2)24-14-9-11-15(12-10-14)25(22,23)21(4)18-19-16-7-5-6-8-17(16)20(18)3/h5-13H,1-4H3. The molecule has 0 N–H and O–H groups in total. The van der Waals surface area contributed by atoms with Gasteiger partial charge >= 0.3 is 0 Å². The van der Waals surface area contributed by atoms with Crippen molar-refractivity contribution in [3.05, 3.63) is 48.5 Å². The number of para-hydroxylation sites is 2. The molecular weight excluding hydrogens is 338 g/mol. The number of imidazole rings is 1. The molecule has 1 aromatic heterocycles. The van der Waals surface area contributed by atoms with Gasteiger partial charge in [-0.05, 0) is 50.2 Å². The van der Waals surface area contributed by atoms with Crippen LogP contribution in [0, 0.1) is 0 Å². The molecule has 0 bridgehead atoms. The van der Waals surface area contributed by atoms with Gasteiger partial charge in [0, 0.05) is 14.1 Å². The molecule has 132 valence electrons. The van der Waals surface area contributed by atoms with E-state index in [1.807, 2.05) is 38.1 Å². The van der Waals surface area contributed by atoms with Crippen molar-refractivity contribution in [3.8, 4) is 5.75 Å². The van der Waals surface area contributed by atoms with Crippen LogP contribution < -0.4 is 9.04 Å². The maximum absolute atomic E-state index is 12.9. The number of rotatable bonds is 5. The van der Waals surface area contributed by atoms with Crippen molar-refractivity contribution in [2.24, 2.45) is 7.05 Å². The van der Waals surface area contributed by atoms with Crippen molar-refractivity contribution in [3.63, 3.8) is 0 Å². The Morgan fingerprint density at radius 1 is 1.08 bits per heavy atom. The maximum Gasteiger partial charge on any atom is 0.266 e. The van der Waals surface area contributed by atoms with Gasteiger partial charge in [-0.3, -0.25) is 0 Å². The molecule has 0 fully saturated rings. The van der Waals surface area contributed by atoms with Gasteiger partial charge in [0.25, 0.3) is 10.0 Å². The van der Waals surface area contributed by atoms with Gasteiger partial charge in [0.15, 0.2) is 0 Å². The number of hydrogen-bond acceptors (Lipinski definition) is 4. The zero-order chi connectivity index (χ0) is 18.2. The number of hydrogen-bond donors (Lipinski definition) is 0. The number of sulfonamides is 1. The Bertz CT molecular complexity index is 992. The molecule has 6 nitrogen and oxygen atoms in total. The number of fused-ring (bicyclic) bond motifs is 1. The first-order valence-corrected chi connectivity index (χ1v) is 9.42. The highest BCUT2D eigenvalue weighted by Gasteiger charge is 2.25. The van der Waals surface area contributed by atoms with E-state index in [4.69, 9.17) is 4.74 Å². The highest BCUT2D eigenvalue weighted by Crippen LogP contribution is 2.26. The molecule has 0 saturated heterocycles. The Kier molecular flexibility index (Phi) is 4.43. The third-order valence-electron chi connectivity index (χ3n) is 3.90. The highest BCUT2D eigenvalue weighted by atomic mass is 32.2. The summed E-state index contributed by atoms with van der Waals surface area (Å²) in [5.41, 5.74) is 1.63. The SMILES string of the molecule is CC(C)Oc1ccc(S(=O)(=O)N(C)c2nc3ccccc3n2C)cc1. The average Bonchev–Trinajstić information content (AvgIpc) is 2.91. The first-order valence-electron chi connectivity index (χ1n) is 7.98. The van der Waals surface area contributed by atoms with Crippen molar-refractivity contribution >= 4 is 27.0 Å². The molecule has 25 heavy (non-hydrogen) atoms. The van der Waals surface area contributed by atoms with E-state index in [-0.39, 0.29) is 11.0 Å². The molecule has 0 radical (unpaired) electrons. The predicted molar refractivity (Wildman–Crippen MR) is 98.5 cm³/mol. The molecule has 0 spiro atoms. The van der Waals surface area contributed by atoms with Crippen LogP contribution in [0.3, 0.4) is 0 Å². The third kappa shape index (κ3) is 3.19. The Hall–Kier alpha value is -2.54. The molecular formula is C18H21N3O3S. The summed E-state index contributed by atoms with van der Waals surface area (Å²) in [5.74, 6) is 1.00. The molecule has 0 aliphatic carbocycles. The first-order chi connectivity index (χ1) is 11.8. The second-order valence-corrected chi connectivity index (χ2v) is 8.04. The monoisotopic (exact) mass is 359 g/mol. The van der Waals surface area contributed by atoms with Gasteiger partial charge < -0.3 is 9.30 Å². The van der Waals surface area contributed by atoms with E-state index in [0.717, 1.165) is 11.0 Å². The van der Waals surface area contributed by atoms with Crippen molar-refractivity contribution in [2.75, 3.05) is 11.4 Å². The summed E-state index contributed by atoms with van der Waals surface area (Å²) < 4.78 is 34.4. The van der Waals surface area contributed by atoms with Crippen LogP contribution in [0.1, 0.15) is 13.8 Å². The smallest absolute Gasteiger partial charge is 0.266 e. The molecule has 0 unspecified atom stereocenters. The summed E-state index contributed by atoms with van der Waals surface area (Å²) >= 11 is 0. The van der Waals surface area contributed by atoms with Gasteiger partial charge in [-0.1, -0.05) is 12.1 Å². The Morgan fingerprint density at radius 2 is 1.72 bits per heavy atom. The van der Waals surface area contributed by atoms with Crippen LogP contribution in [-0.4, -0.2) is 31.1 Å². The fourth-order valence-corrected chi connectivity index (χ4v) is 3.82. The van der Waals surface area contributed by atoms with Crippen LogP contribution in [0.15, 0.2) is 53.4 Å². The van der Waals surface area contributed by atoms with E-state index in [1.54, 1.807) is 35.9 Å². The van der Waals surface area contributed by atoms with Crippen LogP contribution in [0.4, 0.5) is 5.95 Å². The lowest BCUT2D eigenvalue weighted by Crippen LogP contribution is -2.28. The Balaban J connectivity index is 1.96. The Morgan fingerprint density at radius 3 is 2.32 bits per heavy atom. The number of nitrogens with zero attached hydrogens (tertiary/aromatic N) is 3. The minimum Gasteiger partial charge on any atom is -0.491 e. The van der Waals surface area contributed by atoms with Gasteiger partial charge in [0.05, 0.1) is 22.0 Å². The highest BCUT2D eigenvalue weighted by molar-refractivity contribution is 7.92. The van der Waals surface area contributed by atoms with Gasteiger partial charge in [-0.25, -0.2) is 17.7 Å². The zero-order valence-corrected chi connectivity index (χ0v) is 15.5. The van der Waals surface area contributed by atoms with E-state index >= 15 is 0 Å². The summed E-state index contributed by atoms with van der Waals surface area (Å²) in [6, 6.07) is 14.0. The lowest BCUT2D eigenvalue weighted by atomic mass is 10.3. The summed E-state index contributed by atoms with van der Waals surface area (Å²) in [6.07, 6.45) is 0.0325. The fraction of sp³-hybridized carbons (Fsp3) is 0.278. The number of aryl methyl sites for hydroxylation is 1. The van der Waals surface area contributed by atoms with E-state index < -0.39 is 10.0 Å². The molecule has 7 heteroatoms. The van der Waals surface area contributed by atoms with Gasteiger partial charge in [-0.15, -0.1) is 0 Å². The zero-order valence-electron chi connectivity index (χ0n) is 14.7. The topological polar surface area (TPSA) is 64.4 Å². The van der Waals surface area contributed by atoms with Gasteiger partial charge in [-0.2, -0.15) is 0 Å². The van der Waals surface area contributed by atoms with Crippen LogP contribution in [-0.2, 0) is 17.1 Å². The van der Waals surface area contributed by atoms with E-state index in [0.29, 0.717) is 11.7 Å². The minimum absolute atomic E-state index is 0.0325. The molecule has 0 amide bonds. The Labute approximate surface area is 147 Å². The summed E-state index contributed by atoms with van der Waals surface area (Å²) in [6.45, 7) is 3.84. The number of ether oxygens (including phenoxy) is 1. The molecule has 2 aromatic carbocycles. The molecule has 0 saturated carbocycles. The molecule has 3 aromatic rings. The third-order valence-corrected chi connectivity index (χ3v) is 5.65. The van der Waals surface area contributed by atoms with Gasteiger partial charge in [0.2, 0.25) is 5.95 Å². The molecule has 0 aliphatic heterocycles. The van der Waals surface area contributed by atoms with E-state index in [9.17, 15) is 8.42 Å². The lowest BCUT2D eigenvalue weighted by molar-refractivity contribution is 0.242. The van der Waals surface area contributed by atoms with Crippen molar-refractivity contribution < 1.29 is 13.2 Å². The number of aromatic nitrogens is 2. The number of anilines is 1. The van der Waals surface area contributed by atoms with Crippen LogP contribution in [0.25, 0.3) is 11.0 Å². The minimum atomic E-state index is -3.71. The largest absolute Gasteiger partial charge is 0.491 e. The van der Waals surface area contributed by atoms with Gasteiger partial charge in [0.1, 0.15) is 5.75 Å². The first kappa shape index (κ1) is 17.3. The van der Waals surface area contributed by atoms with Crippen molar-refractivity contribution in [2.45, 2.75) is 24.8 Å². The fourth-order valence-electron chi connectivity index (χ4n) is 2.64. The van der Waals surface area contributed by atoms with Crippen molar-refractivity contribution in [1.29, 1.82) is 0 Å². The second-order valence-electron chi connectivity index (χ2n) is 6.07. The molecule has 1 heterocycles. The molecule has 0 aliphatic rings. The van der Waals surface area contributed by atoms with Crippen LogP contribution in [0.5, 0.6) is 5.75 Å². The average molecular weight is 359 g/mol. The summed E-state index contributed by atoms with van der Waals surface area (Å²) in [7, 11) is -0.402. The lowest BCUT2D eigenvalue weighted by Gasteiger charge is -2.19.